The standard InChI is InChI=1S/C27H26NO/c29-27(24-16-6-2-7-17-24,25-18-8-3-9-19-25)26(20-22-12-4-1-5-13-22)28-21-23-14-10-11-15-23/h1-19,26,28-29H,20-21H2/t26-/m0/s1. The van der Waals surface area contributed by atoms with Crippen molar-refractivity contribution in [2.24, 2.45) is 0 Å². The van der Waals surface area contributed by atoms with E-state index in [-0.39, 0.29) is 6.04 Å². The third kappa shape index (κ3) is 4.60. The molecular weight excluding hydrogens is 354 g/mol. The average Bonchev–Trinajstić information content (AvgIpc) is 3.32. The van der Waals surface area contributed by atoms with Crippen LogP contribution < -0.4 is 5.32 Å². The Bertz CT molecular complexity index is 817. The maximum absolute atomic E-state index is 12.2. The third-order valence-electron chi connectivity index (χ3n) is 5.50. The van der Waals surface area contributed by atoms with Gasteiger partial charge in [0.25, 0.3) is 0 Å². The van der Waals surface area contributed by atoms with Gasteiger partial charge in [-0.05, 0) is 54.7 Å². The first-order valence-corrected chi connectivity index (χ1v) is 10.1. The summed E-state index contributed by atoms with van der Waals surface area (Å²) in [5.41, 5.74) is 1.81. The lowest BCUT2D eigenvalue weighted by Gasteiger charge is -2.38. The Labute approximate surface area is 174 Å². The maximum Gasteiger partial charge on any atom is 0.130 e. The van der Waals surface area contributed by atoms with Crippen molar-refractivity contribution in [2.75, 3.05) is 6.54 Å². The van der Waals surface area contributed by atoms with Crippen LogP contribution in [0.3, 0.4) is 0 Å². The zero-order valence-electron chi connectivity index (χ0n) is 16.4. The molecule has 0 spiro atoms. The smallest absolute Gasteiger partial charge is 0.130 e. The van der Waals surface area contributed by atoms with E-state index in [1.807, 2.05) is 91.7 Å². The monoisotopic (exact) mass is 380 g/mol. The fraction of sp³-hybridized carbons (Fsp3) is 0.148. The lowest BCUT2D eigenvalue weighted by Crippen LogP contribution is -2.51. The summed E-state index contributed by atoms with van der Waals surface area (Å²) in [5, 5.41) is 15.9. The molecule has 2 nitrogen and oxygen atoms in total. The van der Waals surface area contributed by atoms with Crippen molar-refractivity contribution in [1.82, 2.24) is 5.32 Å². The molecule has 0 heterocycles. The van der Waals surface area contributed by atoms with Gasteiger partial charge in [0.15, 0.2) is 0 Å². The molecule has 0 bridgehead atoms. The Balaban J connectivity index is 1.72. The summed E-state index contributed by atoms with van der Waals surface area (Å²) in [6, 6.07) is 30.1. The first-order valence-electron chi connectivity index (χ1n) is 10.1. The lowest BCUT2D eigenvalue weighted by molar-refractivity contribution is 0.0377. The van der Waals surface area contributed by atoms with E-state index >= 15 is 0 Å². The minimum atomic E-state index is -1.16. The summed E-state index contributed by atoms with van der Waals surface area (Å²) in [6.07, 6.45) is 9.02. The minimum Gasteiger partial charge on any atom is -0.379 e. The van der Waals surface area contributed by atoms with Crippen LogP contribution in [0, 0.1) is 31.6 Å². The van der Waals surface area contributed by atoms with Crippen molar-refractivity contribution in [1.29, 1.82) is 0 Å². The molecular formula is C27H26NO. The number of hydrogen-bond acceptors (Lipinski definition) is 2. The van der Waals surface area contributed by atoms with Crippen LogP contribution >= 0.6 is 0 Å². The molecule has 1 aliphatic carbocycles. The van der Waals surface area contributed by atoms with Gasteiger partial charge in [-0.15, -0.1) is 0 Å². The Kier molecular flexibility index (Phi) is 6.43. The van der Waals surface area contributed by atoms with Crippen LogP contribution in [0.25, 0.3) is 0 Å². The SMILES string of the molecule is OC(c1ccccc1)(c1ccccc1)[C@H](Cc1ccccc1)NC[C]1[CH][CH][CH][CH]1. The molecule has 29 heavy (non-hydrogen) atoms. The molecule has 3 aromatic rings. The molecule has 4 rings (SSSR count). The second-order valence-electron chi connectivity index (χ2n) is 7.41. The normalized spacial score (nSPS) is 16.0. The van der Waals surface area contributed by atoms with Gasteiger partial charge in [-0.3, -0.25) is 0 Å². The molecule has 5 radical (unpaired) electrons. The van der Waals surface area contributed by atoms with Gasteiger partial charge in [-0.25, -0.2) is 0 Å². The van der Waals surface area contributed by atoms with Crippen molar-refractivity contribution in [3.8, 4) is 0 Å². The zero-order valence-corrected chi connectivity index (χ0v) is 16.4. The predicted molar refractivity (Wildman–Crippen MR) is 118 cm³/mol. The second-order valence-corrected chi connectivity index (χ2v) is 7.41. The van der Waals surface area contributed by atoms with Gasteiger partial charge < -0.3 is 10.4 Å². The quantitative estimate of drug-likeness (QED) is 0.602. The topological polar surface area (TPSA) is 32.3 Å². The Morgan fingerprint density at radius 3 is 1.69 bits per heavy atom. The fourth-order valence-electron chi connectivity index (χ4n) is 3.94. The number of hydrogen-bond donors (Lipinski definition) is 2. The van der Waals surface area contributed by atoms with E-state index < -0.39 is 5.60 Å². The van der Waals surface area contributed by atoms with Crippen LogP contribution in [0.5, 0.6) is 0 Å². The van der Waals surface area contributed by atoms with Crippen molar-refractivity contribution in [3.05, 3.63) is 139 Å². The molecule has 0 unspecified atom stereocenters. The van der Waals surface area contributed by atoms with E-state index in [0.29, 0.717) is 13.0 Å². The summed E-state index contributed by atoms with van der Waals surface area (Å²) in [5.74, 6) is 1.21. The molecule has 2 heteroatoms. The molecule has 1 aliphatic rings. The van der Waals surface area contributed by atoms with E-state index in [0.717, 1.165) is 11.1 Å². The van der Waals surface area contributed by atoms with Gasteiger partial charge in [-0.2, -0.15) is 0 Å². The van der Waals surface area contributed by atoms with Crippen LogP contribution in [0.2, 0.25) is 0 Å². The highest BCUT2D eigenvalue weighted by Gasteiger charge is 2.40. The number of aliphatic hydroxyl groups is 1. The third-order valence-corrected chi connectivity index (χ3v) is 5.50. The van der Waals surface area contributed by atoms with E-state index in [2.05, 4.69) is 30.3 Å². The molecule has 0 amide bonds. The first kappa shape index (κ1) is 19.9. The van der Waals surface area contributed by atoms with Gasteiger partial charge >= 0.3 is 0 Å². The van der Waals surface area contributed by atoms with Crippen LogP contribution in [0.1, 0.15) is 16.7 Å². The highest BCUT2D eigenvalue weighted by Crippen LogP contribution is 2.35. The summed E-state index contributed by atoms with van der Waals surface area (Å²) < 4.78 is 0. The lowest BCUT2D eigenvalue weighted by atomic mass is 9.77. The largest absolute Gasteiger partial charge is 0.379 e. The Morgan fingerprint density at radius 2 is 1.17 bits per heavy atom. The van der Waals surface area contributed by atoms with Gasteiger partial charge in [-0.1, -0.05) is 91.0 Å². The minimum absolute atomic E-state index is 0.204. The first-order chi connectivity index (χ1) is 14.3. The number of rotatable bonds is 8. The van der Waals surface area contributed by atoms with Gasteiger partial charge in [0.1, 0.15) is 5.60 Å². The summed E-state index contributed by atoms with van der Waals surface area (Å²) >= 11 is 0. The van der Waals surface area contributed by atoms with Crippen molar-refractivity contribution in [2.45, 2.75) is 18.1 Å². The number of nitrogens with one attached hydrogen (secondary N) is 1. The van der Waals surface area contributed by atoms with Crippen molar-refractivity contribution in [3.63, 3.8) is 0 Å². The van der Waals surface area contributed by atoms with Gasteiger partial charge in [0.05, 0.1) is 0 Å². The van der Waals surface area contributed by atoms with Crippen LogP contribution in [-0.4, -0.2) is 17.7 Å². The molecule has 1 atom stereocenters. The highest BCUT2D eigenvalue weighted by atomic mass is 16.3. The molecule has 0 saturated heterocycles. The summed E-state index contributed by atoms with van der Waals surface area (Å²) in [6.45, 7) is 0.701. The van der Waals surface area contributed by atoms with Crippen LogP contribution in [0.4, 0.5) is 0 Å². The molecule has 1 fully saturated rings. The molecule has 1 saturated carbocycles. The van der Waals surface area contributed by atoms with E-state index in [1.54, 1.807) is 0 Å². The molecule has 145 valence electrons. The maximum atomic E-state index is 12.2. The van der Waals surface area contributed by atoms with E-state index in [1.165, 1.54) is 11.5 Å². The van der Waals surface area contributed by atoms with Crippen LogP contribution in [-0.2, 0) is 12.0 Å². The van der Waals surface area contributed by atoms with Crippen molar-refractivity contribution < 1.29 is 5.11 Å². The van der Waals surface area contributed by atoms with Gasteiger partial charge in [0, 0.05) is 12.6 Å². The Morgan fingerprint density at radius 1 is 0.690 bits per heavy atom. The Hall–Kier alpha value is -2.42. The molecule has 2 N–H and O–H groups in total. The number of benzene rings is 3. The summed E-state index contributed by atoms with van der Waals surface area (Å²) in [7, 11) is 0. The summed E-state index contributed by atoms with van der Waals surface area (Å²) in [4.78, 5) is 0. The molecule has 3 aromatic carbocycles. The predicted octanol–water partition coefficient (Wildman–Crippen LogP) is 4.53. The van der Waals surface area contributed by atoms with E-state index in [4.69, 9.17) is 0 Å². The second kappa shape index (κ2) is 9.39. The highest BCUT2D eigenvalue weighted by molar-refractivity contribution is 5.40. The van der Waals surface area contributed by atoms with Crippen LogP contribution in [0.15, 0.2) is 91.0 Å². The molecule has 0 aliphatic heterocycles. The van der Waals surface area contributed by atoms with Crippen molar-refractivity contribution >= 4 is 0 Å². The van der Waals surface area contributed by atoms with Gasteiger partial charge in [0.2, 0.25) is 0 Å². The zero-order chi connectivity index (χ0) is 19.9. The average molecular weight is 381 g/mol. The molecule has 0 aromatic heterocycles. The van der Waals surface area contributed by atoms with E-state index in [9.17, 15) is 5.11 Å². The fourth-order valence-corrected chi connectivity index (χ4v) is 3.94.